The number of hydrogen-bond donors (Lipinski definition) is 0. The average Bonchev–Trinajstić information content (AvgIpc) is 2.62. The summed E-state index contributed by atoms with van der Waals surface area (Å²) in [6, 6.07) is 0. The fourth-order valence-electron chi connectivity index (χ4n) is 1.54. The number of rotatable bonds is 5. The monoisotopic (exact) mass is 436 g/mol. The normalized spacial score (nSPS) is 9.70. The molecule has 0 saturated heterocycles. The Morgan fingerprint density at radius 2 is 1.37 bits per heavy atom. The number of ether oxygens (including phenoxy) is 3. The van der Waals surface area contributed by atoms with Crippen molar-refractivity contribution in [3.63, 3.8) is 0 Å². The van der Waals surface area contributed by atoms with Crippen LogP contribution in [0.4, 0.5) is 0 Å². The van der Waals surface area contributed by atoms with E-state index in [4.69, 9.17) is 49.0 Å². The van der Waals surface area contributed by atoms with E-state index in [1.807, 2.05) is 0 Å². The third kappa shape index (κ3) is 7.12. The van der Waals surface area contributed by atoms with E-state index in [0.29, 0.717) is 0 Å². The maximum Gasteiger partial charge on any atom is 0.345 e. The molecule has 146 valence electrons. The molecule has 0 amide bonds. The summed E-state index contributed by atoms with van der Waals surface area (Å²) < 4.78 is 14.3. The fraction of sp³-hybridized carbons (Fsp3) is 0.333. The molecule has 9 nitrogen and oxygen atoms in total. The van der Waals surface area contributed by atoms with Crippen molar-refractivity contribution in [3.8, 4) is 5.88 Å². The minimum absolute atomic E-state index is 0.00144. The number of esters is 2. The minimum atomic E-state index is -0.552. The largest absolute Gasteiger partial charge is 0.480 e. The van der Waals surface area contributed by atoms with Gasteiger partial charge in [-0.15, -0.1) is 0 Å². The van der Waals surface area contributed by atoms with Gasteiger partial charge in [-0.1, -0.05) is 11.6 Å². The Morgan fingerprint density at radius 1 is 0.889 bits per heavy atom. The maximum absolute atomic E-state index is 11.3. The first-order valence-electron chi connectivity index (χ1n) is 7.42. The standard InChI is InChI=1S/C8H9ClN2O3.C7H6Cl2N2O2/c1-3-14-7(12)5-4-10-8(9)11-6(5)13-2;1-2-13-6(12)4-3-10-7(9)11-5(4)8/h4H,3H2,1-2H3;3H,2H2,1H3. The summed E-state index contributed by atoms with van der Waals surface area (Å²) in [5, 5.41) is 0.0198. The van der Waals surface area contributed by atoms with Crippen molar-refractivity contribution in [3.05, 3.63) is 39.2 Å². The molecule has 2 aromatic rings. The van der Waals surface area contributed by atoms with Crippen LogP contribution in [0.2, 0.25) is 15.7 Å². The maximum atomic E-state index is 11.3. The number of nitrogens with zero attached hydrogens (tertiary/aromatic N) is 4. The van der Waals surface area contributed by atoms with Crippen molar-refractivity contribution in [2.45, 2.75) is 13.8 Å². The first-order chi connectivity index (χ1) is 12.8. The SMILES string of the molecule is CCOC(=O)c1cnc(Cl)nc1Cl.CCOC(=O)c1cnc(Cl)nc1OC. The van der Waals surface area contributed by atoms with Crippen molar-refractivity contribution < 1.29 is 23.8 Å². The van der Waals surface area contributed by atoms with Crippen LogP contribution in [0.25, 0.3) is 0 Å². The van der Waals surface area contributed by atoms with Crippen molar-refractivity contribution in [2.24, 2.45) is 0 Å². The van der Waals surface area contributed by atoms with Crippen LogP contribution >= 0.6 is 34.8 Å². The molecule has 0 bridgehead atoms. The van der Waals surface area contributed by atoms with Gasteiger partial charge in [-0.25, -0.2) is 24.5 Å². The van der Waals surface area contributed by atoms with Gasteiger partial charge in [0.15, 0.2) is 0 Å². The third-order valence-corrected chi connectivity index (χ3v) is 3.27. The van der Waals surface area contributed by atoms with E-state index < -0.39 is 11.9 Å². The predicted molar refractivity (Wildman–Crippen MR) is 97.6 cm³/mol. The summed E-state index contributed by atoms with van der Waals surface area (Å²) in [5.41, 5.74) is 0.284. The van der Waals surface area contributed by atoms with Crippen molar-refractivity contribution >= 4 is 46.7 Å². The molecule has 0 aliphatic heterocycles. The predicted octanol–water partition coefficient (Wildman–Crippen LogP) is 3.28. The van der Waals surface area contributed by atoms with E-state index in [-0.39, 0.29) is 45.9 Å². The van der Waals surface area contributed by atoms with Gasteiger partial charge in [-0.05, 0) is 37.0 Å². The molecular formula is C15H15Cl3N4O5. The highest BCUT2D eigenvalue weighted by molar-refractivity contribution is 6.33. The molecule has 0 fully saturated rings. The van der Waals surface area contributed by atoms with E-state index in [2.05, 4.69) is 19.9 Å². The van der Waals surface area contributed by atoms with Crippen LogP contribution in [0.5, 0.6) is 5.88 Å². The summed E-state index contributed by atoms with van der Waals surface area (Å²) >= 11 is 16.6. The second-order valence-corrected chi connectivity index (χ2v) is 5.38. The molecule has 0 N–H and O–H groups in total. The zero-order chi connectivity index (χ0) is 20.4. The number of halogens is 3. The molecule has 0 aliphatic carbocycles. The molecule has 2 rings (SSSR count). The van der Waals surface area contributed by atoms with Gasteiger partial charge in [-0.2, -0.15) is 4.98 Å². The minimum Gasteiger partial charge on any atom is -0.480 e. The molecule has 0 atom stereocenters. The van der Waals surface area contributed by atoms with E-state index in [1.54, 1.807) is 13.8 Å². The fourth-order valence-corrected chi connectivity index (χ4v) is 2.05. The summed E-state index contributed by atoms with van der Waals surface area (Å²) in [6.07, 6.45) is 2.50. The Hall–Kier alpha value is -2.23. The topological polar surface area (TPSA) is 113 Å². The summed E-state index contributed by atoms with van der Waals surface area (Å²) in [5.74, 6) is -0.964. The second kappa shape index (κ2) is 11.5. The number of hydrogen-bond acceptors (Lipinski definition) is 9. The highest BCUT2D eigenvalue weighted by Gasteiger charge is 2.16. The number of methoxy groups -OCH3 is 1. The third-order valence-electron chi connectivity index (χ3n) is 2.62. The first-order valence-corrected chi connectivity index (χ1v) is 8.56. The van der Waals surface area contributed by atoms with Crippen LogP contribution in [0, 0.1) is 0 Å². The van der Waals surface area contributed by atoms with Crippen molar-refractivity contribution in [1.29, 1.82) is 0 Å². The lowest BCUT2D eigenvalue weighted by molar-refractivity contribution is 0.0513. The van der Waals surface area contributed by atoms with Crippen molar-refractivity contribution in [2.75, 3.05) is 20.3 Å². The lowest BCUT2D eigenvalue weighted by atomic mass is 10.3. The van der Waals surface area contributed by atoms with Gasteiger partial charge in [0.2, 0.25) is 16.4 Å². The van der Waals surface area contributed by atoms with Crippen LogP contribution in [0.3, 0.4) is 0 Å². The van der Waals surface area contributed by atoms with E-state index in [0.717, 1.165) is 0 Å². The molecule has 0 saturated carbocycles. The Morgan fingerprint density at radius 3 is 1.85 bits per heavy atom. The first kappa shape index (κ1) is 22.8. The Bertz CT molecular complexity index is 807. The molecule has 2 heterocycles. The highest BCUT2D eigenvalue weighted by atomic mass is 35.5. The quantitative estimate of drug-likeness (QED) is 0.395. The van der Waals surface area contributed by atoms with E-state index in [9.17, 15) is 9.59 Å². The average molecular weight is 438 g/mol. The number of carbonyl (C=O) groups excluding carboxylic acids is 2. The smallest absolute Gasteiger partial charge is 0.345 e. The Balaban J connectivity index is 0.000000271. The van der Waals surface area contributed by atoms with Gasteiger partial charge in [0, 0.05) is 6.20 Å². The molecule has 0 aliphatic rings. The molecular weight excluding hydrogens is 423 g/mol. The molecule has 0 aromatic carbocycles. The molecule has 12 heteroatoms. The van der Waals surface area contributed by atoms with E-state index in [1.165, 1.54) is 19.5 Å². The van der Waals surface area contributed by atoms with Gasteiger partial charge in [0.1, 0.15) is 16.3 Å². The lowest BCUT2D eigenvalue weighted by Gasteiger charge is -2.05. The summed E-state index contributed by atoms with van der Waals surface area (Å²) in [4.78, 5) is 37.1. The molecule has 27 heavy (non-hydrogen) atoms. The number of aromatic nitrogens is 4. The van der Waals surface area contributed by atoms with Crippen LogP contribution < -0.4 is 4.74 Å². The van der Waals surface area contributed by atoms with Gasteiger partial charge >= 0.3 is 11.9 Å². The van der Waals surface area contributed by atoms with Gasteiger partial charge in [0.25, 0.3) is 0 Å². The number of carbonyl (C=O) groups is 2. The van der Waals surface area contributed by atoms with Crippen LogP contribution in [0.1, 0.15) is 34.6 Å². The van der Waals surface area contributed by atoms with Gasteiger partial charge < -0.3 is 14.2 Å². The van der Waals surface area contributed by atoms with Crippen LogP contribution in [-0.2, 0) is 9.47 Å². The van der Waals surface area contributed by atoms with Crippen molar-refractivity contribution in [1.82, 2.24) is 19.9 Å². The molecule has 0 radical (unpaired) electrons. The van der Waals surface area contributed by atoms with Gasteiger partial charge in [0.05, 0.1) is 26.5 Å². The lowest BCUT2D eigenvalue weighted by Crippen LogP contribution is -2.08. The second-order valence-electron chi connectivity index (χ2n) is 4.35. The molecule has 0 unspecified atom stereocenters. The zero-order valence-electron chi connectivity index (χ0n) is 14.5. The summed E-state index contributed by atoms with van der Waals surface area (Å²) in [7, 11) is 1.39. The van der Waals surface area contributed by atoms with Crippen LogP contribution in [-0.4, -0.2) is 52.2 Å². The Kier molecular flexibility index (Phi) is 9.70. The zero-order valence-corrected chi connectivity index (χ0v) is 16.8. The van der Waals surface area contributed by atoms with E-state index >= 15 is 0 Å². The van der Waals surface area contributed by atoms with Gasteiger partial charge in [-0.3, -0.25) is 0 Å². The molecule has 2 aromatic heterocycles. The summed E-state index contributed by atoms with van der Waals surface area (Å²) in [6.45, 7) is 3.96. The Labute approximate surface area is 170 Å². The van der Waals surface area contributed by atoms with Crippen LogP contribution in [0.15, 0.2) is 12.4 Å². The molecule has 0 spiro atoms. The highest BCUT2D eigenvalue weighted by Crippen LogP contribution is 2.17.